The second kappa shape index (κ2) is 12.7. The number of unbranched alkanes of at least 4 members (excludes halogenated alkanes) is 8. The average molecular weight is 194 g/mol. The Balaban J connectivity index is 2.91. The molecule has 0 aliphatic carbocycles. The van der Waals surface area contributed by atoms with Crippen molar-refractivity contribution in [1.29, 1.82) is 0 Å². The zero-order valence-electron chi connectivity index (χ0n) is 9.80. The van der Waals surface area contributed by atoms with E-state index in [1.165, 1.54) is 51.4 Å². The van der Waals surface area contributed by atoms with E-state index in [0.29, 0.717) is 0 Å². The van der Waals surface area contributed by atoms with Gasteiger partial charge in [0.05, 0.1) is 0 Å². The summed E-state index contributed by atoms with van der Waals surface area (Å²) in [7, 11) is 0. The lowest BCUT2D eigenvalue weighted by Crippen LogP contribution is -1.78. The first kappa shape index (κ1) is 13.7. The highest BCUT2D eigenvalue weighted by molar-refractivity contribution is 4.87. The van der Waals surface area contributed by atoms with Crippen LogP contribution in [0.4, 0.5) is 0 Å². The largest absolute Gasteiger partial charge is 0.0885 e. The van der Waals surface area contributed by atoms with Gasteiger partial charge in [-0.05, 0) is 32.6 Å². The Morgan fingerprint density at radius 1 is 0.857 bits per heavy atom. The van der Waals surface area contributed by atoms with Crippen molar-refractivity contribution in [3.05, 3.63) is 25.5 Å². The van der Waals surface area contributed by atoms with E-state index in [-0.39, 0.29) is 0 Å². The Labute approximate surface area is 90.8 Å². The summed E-state index contributed by atoms with van der Waals surface area (Å²) in [4.78, 5) is 0. The molecule has 0 aromatic carbocycles. The van der Waals surface area contributed by atoms with Crippen LogP contribution in [0.15, 0.2) is 12.2 Å². The summed E-state index contributed by atoms with van der Waals surface area (Å²) in [6.45, 7) is 5.95. The molecular weight excluding hydrogens is 168 g/mol. The van der Waals surface area contributed by atoms with Crippen LogP contribution < -0.4 is 0 Å². The van der Waals surface area contributed by atoms with E-state index < -0.39 is 0 Å². The second-order valence-electron chi connectivity index (χ2n) is 3.91. The molecule has 0 spiro atoms. The summed E-state index contributed by atoms with van der Waals surface area (Å²) in [6.07, 6.45) is 18.5. The van der Waals surface area contributed by atoms with Gasteiger partial charge in [0, 0.05) is 0 Å². The number of allylic oxidation sites excluding steroid dienone is 2. The SMILES string of the molecule is [CH2][CH]C/C=C/CCCCCCCCC. The molecule has 0 aliphatic rings. The molecule has 0 rings (SSSR count). The lowest BCUT2D eigenvalue weighted by Gasteiger charge is -1.98. The molecule has 0 unspecified atom stereocenters. The zero-order valence-corrected chi connectivity index (χ0v) is 9.80. The fourth-order valence-electron chi connectivity index (χ4n) is 1.53. The first-order chi connectivity index (χ1) is 6.91. The molecular formula is C14H26. The molecule has 0 fully saturated rings. The predicted molar refractivity (Wildman–Crippen MR) is 66.0 cm³/mol. The van der Waals surface area contributed by atoms with E-state index in [1.54, 1.807) is 0 Å². The summed E-state index contributed by atoms with van der Waals surface area (Å²) >= 11 is 0. The highest BCUT2D eigenvalue weighted by Gasteiger charge is 1.88. The van der Waals surface area contributed by atoms with Crippen LogP contribution in [0, 0.1) is 13.3 Å². The molecule has 0 saturated carbocycles. The fraction of sp³-hybridized carbons (Fsp3) is 0.714. The quantitative estimate of drug-likeness (QED) is 0.335. The van der Waals surface area contributed by atoms with E-state index in [2.05, 4.69) is 26.0 Å². The minimum absolute atomic E-state index is 1.02. The van der Waals surface area contributed by atoms with Gasteiger partial charge < -0.3 is 0 Å². The average Bonchev–Trinajstić information content (AvgIpc) is 2.21. The molecule has 2 radical (unpaired) electrons. The molecule has 0 amide bonds. The number of rotatable bonds is 10. The smallest absolute Gasteiger partial charge is 0.0319 e. The summed E-state index contributed by atoms with van der Waals surface area (Å²) in [5, 5.41) is 0. The standard InChI is InChI=1S/C14H26/c1-3-5-7-9-11-13-14-12-10-8-6-4-2/h3,7,9H,1,4-6,8,10-14H2,2H3/b9-7+. The predicted octanol–water partition coefficient (Wildman–Crippen LogP) is 5.11. The lowest BCUT2D eigenvalue weighted by molar-refractivity contribution is 0.592. The molecule has 0 saturated heterocycles. The van der Waals surface area contributed by atoms with E-state index in [4.69, 9.17) is 0 Å². The van der Waals surface area contributed by atoms with E-state index in [9.17, 15) is 0 Å². The Morgan fingerprint density at radius 3 is 2.14 bits per heavy atom. The molecule has 0 atom stereocenters. The van der Waals surface area contributed by atoms with Gasteiger partial charge in [0.25, 0.3) is 0 Å². The monoisotopic (exact) mass is 194 g/mol. The van der Waals surface area contributed by atoms with Crippen molar-refractivity contribution in [2.24, 2.45) is 0 Å². The lowest BCUT2D eigenvalue weighted by atomic mass is 10.1. The first-order valence-corrected chi connectivity index (χ1v) is 6.17. The van der Waals surface area contributed by atoms with Crippen molar-refractivity contribution < 1.29 is 0 Å². The van der Waals surface area contributed by atoms with Crippen molar-refractivity contribution in [2.45, 2.75) is 64.7 Å². The van der Waals surface area contributed by atoms with Crippen LogP contribution in [-0.2, 0) is 0 Å². The van der Waals surface area contributed by atoms with Gasteiger partial charge in [0.2, 0.25) is 0 Å². The van der Waals surface area contributed by atoms with Gasteiger partial charge in [-0.25, -0.2) is 0 Å². The molecule has 0 bridgehead atoms. The third-order valence-corrected chi connectivity index (χ3v) is 2.44. The number of hydrogen-bond donors (Lipinski definition) is 0. The first-order valence-electron chi connectivity index (χ1n) is 6.17. The highest BCUT2D eigenvalue weighted by Crippen LogP contribution is 2.08. The molecule has 0 nitrogen and oxygen atoms in total. The van der Waals surface area contributed by atoms with Crippen LogP contribution in [0.5, 0.6) is 0 Å². The summed E-state index contributed by atoms with van der Waals surface area (Å²) in [6, 6.07) is 0. The van der Waals surface area contributed by atoms with Gasteiger partial charge in [-0.3, -0.25) is 0 Å². The van der Waals surface area contributed by atoms with Gasteiger partial charge in [-0.2, -0.15) is 0 Å². The maximum absolute atomic E-state index is 3.69. The number of hydrogen-bond acceptors (Lipinski definition) is 0. The van der Waals surface area contributed by atoms with Crippen LogP contribution in [0.2, 0.25) is 0 Å². The maximum Gasteiger partial charge on any atom is -0.0319 e. The summed E-state index contributed by atoms with van der Waals surface area (Å²) in [5.41, 5.74) is 0. The van der Waals surface area contributed by atoms with Gasteiger partial charge in [-0.15, -0.1) is 0 Å². The van der Waals surface area contributed by atoms with Crippen LogP contribution in [0.3, 0.4) is 0 Å². The van der Waals surface area contributed by atoms with Crippen LogP contribution in [-0.4, -0.2) is 0 Å². The molecule has 0 aromatic rings. The van der Waals surface area contributed by atoms with Crippen molar-refractivity contribution in [3.63, 3.8) is 0 Å². The van der Waals surface area contributed by atoms with Gasteiger partial charge >= 0.3 is 0 Å². The summed E-state index contributed by atoms with van der Waals surface area (Å²) < 4.78 is 0. The van der Waals surface area contributed by atoms with Gasteiger partial charge in [0.1, 0.15) is 0 Å². The van der Waals surface area contributed by atoms with Crippen LogP contribution in [0.25, 0.3) is 0 Å². The third-order valence-electron chi connectivity index (χ3n) is 2.44. The molecule has 14 heavy (non-hydrogen) atoms. The Morgan fingerprint density at radius 2 is 1.50 bits per heavy atom. The van der Waals surface area contributed by atoms with E-state index in [0.717, 1.165) is 6.42 Å². The molecule has 0 N–H and O–H groups in total. The van der Waals surface area contributed by atoms with Crippen molar-refractivity contribution in [2.75, 3.05) is 0 Å². The minimum Gasteiger partial charge on any atom is -0.0885 e. The Hall–Kier alpha value is -0.260. The third kappa shape index (κ3) is 11.7. The van der Waals surface area contributed by atoms with Crippen molar-refractivity contribution in [3.8, 4) is 0 Å². The van der Waals surface area contributed by atoms with Crippen molar-refractivity contribution in [1.82, 2.24) is 0 Å². The van der Waals surface area contributed by atoms with Gasteiger partial charge in [-0.1, -0.05) is 57.6 Å². The maximum atomic E-state index is 3.69. The van der Waals surface area contributed by atoms with Crippen molar-refractivity contribution >= 4 is 0 Å². The zero-order chi connectivity index (χ0) is 10.5. The van der Waals surface area contributed by atoms with Crippen LogP contribution in [0.1, 0.15) is 64.7 Å². The highest BCUT2D eigenvalue weighted by atomic mass is 13.9. The van der Waals surface area contributed by atoms with Crippen LogP contribution >= 0.6 is 0 Å². The van der Waals surface area contributed by atoms with Gasteiger partial charge in [0.15, 0.2) is 0 Å². The fourth-order valence-corrected chi connectivity index (χ4v) is 1.53. The molecule has 0 heterocycles. The molecule has 0 heteroatoms. The second-order valence-corrected chi connectivity index (χ2v) is 3.91. The Kier molecular flexibility index (Phi) is 12.5. The minimum atomic E-state index is 1.02. The molecule has 0 aromatic heterocycles. The molecule has 0 aliphatic heterocycles. The van der Waals surface area contributed by atoms with E-state index in [1.807, 2.05) is 6.42 Å². The molecule has 82 valence electrons. The Bertz CT molecular complexity index is 113. The summed E-state index contributed by atoms with van der Waals surface area (Å²) in [5.74, 6) is 0. The normalized spacial score (nSPS) is 11.3. The van der Waals surface area contributed by atoms with E-state index >= 15 is 0 Å². The topological polar surface area (TPSA) is 0 Å².